The third-order valence-corrected chi connectivity index (χ3v) is 3.31. The molecule has 2 nitrogen and oxygen atoms in total. The number of hydrogen-bond acceptors (Lipinski definition) is 1. The van der Waals surface area contributed by atoms with E-state index in [4.69, 9.17) is 0 Å². The van der Waals surface area contributed by atoms with E-state index in [2.05, 4.69) is 11.9 Å². The highest BCUT2D eigenvalue weighted by Gasteiger charge is 2.23. The average molecular weight is 237 g/mol. The Bertz CT molecular complexity index is 626. The molecule has 90 valence electrons. The third kappa shape index (κ3) is 2.02. The molecule has 18 heavy (non-hydrogen) atoms. The summed E-state index contributed by atoms with van der Waals surface area (Å²) in [7, 11) is 0. The zero-order valence-electron chi connectivity index (χ0n) is 10.1. The Morgan fingerprint density at radius 1 is 1.28 bits per heavy atom. The maximum atomic E-state index is 12.0. The zero-order chi connectivity index (χ0) is 12.5. The van der Waals surface area contributed by atoms with Crippen LogP contribution in [-0.4, -0.2) is 11.9 Å². The third-order valence-electron chi connectivity index (χ3n) is 3.31. The van der Waals surface area contributed by atoms with E-state index < -0.39 is 0 Å². The van der Waals surface area contributed by atoms with Crippen LogP contribution in [0.25, 0.3) is 16.8 Å². The van der Waals surface area contributed by atoms with Crippen LogP contribution in [0.4, 0.5) is 0 Å². The molecule has 1 amide bonds. The molecular formula is C16H15NO. The molecule has 1 aliphatic carbocycles. The van der Waals surface area contributed by atoms with Crippen molar-refractivity contribution in [2.24, 2.45) is 0 Å². The second kappa shape index (κ2) is 4.30. The lowest BCUT2D eigenvalue weighted by atomic mass is 10.0. The van der Waals surface area contributed by atoms with E-state index in [-0.39, 0.29) is 5.91 Å². The van der Waals surface area contributed by atoms with Crippen molar-refractivity contribution in [3.05, 3.63) is 54.1 Å². The van der Waals surface area contributed by atoms with Crippen molar-refractivity contribution in [3.8, 4) is 0 Å². The molecule has 1 fully saturated rings. The molecule has 0 aliphatic heterocycles. The molecule has 0 radical (unpaired) electrons. The summed E-state index contributed by atoms with van der Waals surface area (Å²) in [6, 6.07) is 12.3. The van der Waals surface area contributed by atoms with Crippen LogP contribution in [0.1, 0.15) is 28.8 Å². The summed E-state index contributed by atoms with van der Waals surface area (Å²) >= 11 is 0. The Hall–Kier alpha value is -2.09. The van der Waals surface area contributed by atoms with E-state index in [0.29, 0.717) is 6.04 Å². The van der Waals surface area contributed by atoms with Gasteiger partial charge in [-0.2, -0.15) is 0 Å². The molecule has 2 aromatic carbocycles. The summed E-state index contributed by atoms with van der Waals surface area (Å²) in [4.78, 5) is 12.0. The van der Waals surface area contributed by atoms with Crippen LogP contribution in [0.3, 0.4) is 0 Å². The van der Waals surface area contributed by atoms with Crippen LogP contribution in [-0.2, 0) is 0 Å². The summed E-state index contributed by atoms with van der Waals surface area (Å²) < 4.78 is 0. The van der Waals surface area contributed by atoms with E-state index >= 15 is 0 Å². The van der Waals surface area contributed by atoms with Crippen LogP contribution in [0.2, 0.25) is 0 Å². The van der Waals surface area contributed by atoms with Gasteiger partial charge >= 0.3 is 0 Å². The molecule has 0 saturated heterocycles. The lowest BCUT2D eigenvalue weighted by Gasteiger charge is -2.06. The van der Waals surface area contributed by atoms with Gasteiger partial charge in [0.1, 0.15) is 0 Å². The van der Waals surface area contributed by atoms with Gasteiger partial charge in [-0.25, -0.2) is 0 Å². The first-order chi connectivity index (χ1) is 8.78. The molecule has 0 spiro atoms. The number of hydrogen-bond donors (Lipinski definition) is 1. The van der Waals surface area contributed by atoms with Gasteiger partial charge in [0.05, 0.1) is 0 Å². The highest BCUT2D eigenvalue weighted by molar-refractivity contribution is 6.00. The summed E-state index contributed by atoms with van der Waals surface area (Å²) in [5.41, 5.74) is 1.83. The highest BCUT2D eigenvalue weighted by Crippen LogP contribution is 2.23. The molecular weight excluding hydrogens is 222 g/mol. The van der Waals surface area contributed by atoms with Crippen LogP contribution < -0.4 is 5.32 Å². The number of benzene rings is 2. The molecule has 1 N–H and O–H groups in total. The fourth-order valence-electron chi connectivity index (χ4n) is 2.12. The van der Waals surface area contributed by atoms with Crippen LogP contribution in [0, 0.1) is 0 Å². The summed E-state index contributed by atoms with van der Waals surface area (Å²) in [6.07, 6.45) is 4.06. The first kappa shape index (κ1) is 11.0. The quantitative estimate of drug-likeness (QED) is 0.871. The van der Waals surface area contributed by atoms with Gasteiger partial charge in [-0.1, -0.05) is 36.9 Å². The van der Waals surface area contributed by atoms with Crippen molar-refractivity contribution in [2.45, 2.75) is 18.9 Å². The SMILES string of the molecule is C=Cc1cccc2cc(C(=O)NC3CC3)ccc12. The molecule has 1 saturated carbocycles. The second-order valence-corrected chi connectivity index (χ2v) is 4.74. The average Bonchev–Trinajstić information content (AvgIpc) is 3.21. The van der Waals surface area contributed by atoms with E-state index in [1.165, 1.54) is 0 Å². The van der Waals surface area contributed by atoms with Crippen LogP contribution >= 0.6 is 0 Å². The minimum Gasteiger partial charge on any atom is -0.349 e. The van der Waals surface area contributed by atoms with Crippen molar-refractivity contribution in [1.82, 2.24) is 5.32 Å². The first-order valence-corrected chi connectivity index (χ1v) is 6.24. The zero-order valence-corrected chi connectivity index (χ0v) is 10.1. The summed E-state index contributed by atoms with van der Waals surface area (Å²) in [6.45, 7) is 3.81. The highest BCUT2D eigenvalue weighted by atomic mass is 16.1. The number of amides is 1. The maximum absolute atomic E-state index is 12.0. The van der Waals surface area contributed by atoms with Crippen molar-refractivity contribution >= 4 is 22.8 Å². The van der Waals surface area contributed by atoms with E-state index in [0.717, 1.165) is 34.7 Å². The molecule has 3 rings (SSSR count). The Balaban J connectivity index is 2.00. The maximum Gasteiger partial charge on any atom is 0.251 e. The lowest BCUT2D eigenvalue weighted by molar-refractivity contribution is 0.0951. The van der Waals surface area contributed by atoms with Gasteiger partial charge in [-0.05, 0) is 41.3 Å². The number of fused-ring (bicyclic) bond motifs is 1. The van der Waals surface area contributed by atoms with Gasteiger partial charge in [0.15, 0.2) is 0 Å². The monoisotopic (exact) mass is 237 g/mol. The van der Waals surface area contributed by atoms with Crippen molar-refractivity contribution < 1.29 is 4.79 Å². The topological polar surface area (TPSA) is 29.1 Å². The smallest absolute Gasteiger partial charge is 0.251 e. The van der Waals surface area contributed by atoms with Crippen molar-refractivity contribution in [3.63, 3.8) is 0 Å². The number of rotatable bonds is 3. The molecule has 0 atom stereocenters. The molecule has 2 aromatic rings. The van der Waals surface area contributed by atoms with Crippen LogP contribution in [0.5, 0.6) is 0 Å². The molecule has 2 heteroatoms. The van der Waals surface area contributed by atoms with Gasteiger partial charge in [-0.3, -0.25) is 4.79 Å². The van der Waals surface area contributed by atoms with Gasteiger partial charge in [0, 0.05) is 11.6 Å². The Morgan fingerprint density at radius 2 is 2.11 bits per heavy atom. The second-order valence-electron chi connectivity index (χ2n) is 4.74. The molecule has 0 aromatic heterocycles. The van der Waals surface area contributed by atoms with E-state index in [9.17, 15) is 4.79 Å². The van der Waals surface area contributed by atoms with Gasteiger partial charge < -0.3 is 5.32 Å². The standard InChI is InChI=1S/C16H15NO/c1-2-11-4-3-5-12-10-13(6-9-15(11)12)16(18)17-14-7-8-14/h2-6,9-10,14H,1,7-8H2,(H,17,18). The van der Waals surface area contributed by atoms with Gasteiger partial charge in [-0.15, -0.1) is 0 Å². The fraction of sp³-hybridized carbons (Fsp3) is 0.188. The molecule has 0 heterocycles. The normalized spacial score (nSPS) is 14.4. The van der Waals surface area contributed by atoms with E-state index in [1.807, 2.05) is 42.5 Å². The summed E-state index contributed by atoms with van der Waals surface area (Å²) in [5.74, 6) is 0.0309. The Labute approximate surface area is 106 Å². The Kier molecular flexibility index (Phi) is 2.63. The lowest BCUT2D eigenvalue weighted by Crippen LogP contribution is -2.25. The first-order valence-electron chi connectivity index (χ1n) is 6.24. The van der Waals surface area contributed by atoms with Crippen molar-refractivity contribution in [2.75, 3.05) is 0 Å². The molecule has 0 unspecified atom stereocenters. The summed E-state index contributed by atoms with van der Waals surface area (Å²) in [5, 5.41) is 5.22. The van der Waals surface area contributed by atoms with E-state index in [1.54, 1.807) is 0 Å². The number of carbonyl (C=O) groups excluding carboxylic acids is 1. The molecule has 1 aliphatic rings. The minimum absolute atomic E-state index is 0.0309. The van der Waals surface area contributed by atoms with Crippen LogP contribution in [0.15, 0.2) is 43.0 Å². The number of carbonyl (C=O) groups is 1. The van der Waals surface area contributed by atoms with Gasteiger partial charge in [0.25, 0.3) is 5.91 Å². The number of nitrogens with one attached hydrogen (secondary N) is 1. The van der Waals surface area contributed by atoms with Crippen molar-refractivity contribution in [1.29, 1.82) is 0 Å². The fourth-order valence-corrected chi connectivity index (χ4v) is 2.12. The van der Waals surface area contributed by atoms with Gasteiger partial charge in [0.2, 0.25) is 0 Å². The molecule has 0 bridgehead atoms. The predicted octanol–water partition coefficient (Wildman–Crippen LogP) is 3.38. The largest absolute Gasteiger partial charge is 0.349 e. The Morgan fingerprint density at radius 3 is 2.83 bits per heavy atom. The predicted molar refractivity (Wildman–Crippen MR) is 74.5 cm³/mol. The minimum atomic E-state index is 0.0309.